The first-order valence-electron chi connectivity index (χ1n) is 10.9. The molecule has 182 valence electrons. The zero-order valence-corrected chi connectivity index (χ0v) is 20.2. The monoisotopic (exact) mass is 496 g/mol. The molecule has 0 saturated heterocycles. The van der Waals surface area contributed by atoms with Crippen LogP contribution in [0.2, 0.25) is 0 Å². The molecule has 11 heteroatoms. The lowest BCUT2D eigenvalue weighted by molar-refractivity contribution is -0.116. The molecule has 0 saturated carbocycles. The van der Waals surface area contributed by atoms with Gasteiger partial charge in [-0.05, 0) is 55.3 Å². The Kier molecular flexibility index (Phi) is 6.44. The Balaban J connectivity index is 1.81. The van der Waals surface area contributed by atoms with E-state index in [1.165, 1.54) is 55.1 Å². The van der Waals surface area contributed by atoms with Crippen molar-refractivity contribution in [3.63, 3.8) is 0 Å². The van der Waals surface area contributed by atoms with E-state index < -0.39 is 10.0 Å². The number of benzene rings is 2. The van der Waals surface area contributed by atoms with Crippen LogP contribution in [0.25, 0.3) is 11.1 Å². The van der Waals surface area contributed by atoms with E-state index in [4.69, 9.17) is 4.74 Å². The van der Waals surface area contributed by atoms with Crippen LogP contribution in [0, 0.1) is 0 Å². The maximum absolute atomic E-state index is 13.3. The van der Waals surface area contributed by atoms with Gasteiger partial charge >= 0.3 is 0 Å². The molecule has 1 aliphatic rings. The van der Waals surface area contributed by atoms with E-state index in [9.17, 15) is 22.8 Å². The largest absolute Gasteiger partial charge is 0.495 e. The number of anilines is 2. The molecule has 0 unspecified atom stereocenters. The van der Waals surface area contributed by atoms with Gasteiger partial charge in [0.15, 0.2) is 5.78 Å². The molecule has 3 aromatic rings. The van der Waals surface area contributed by atoms with Gasteiger partial charge in [-0.1, -0.05) is 13.0 Å². The van der Waals surface area contributed by atoms with Gasteiger partial charge in [0.2, 0.25) is 11.8 Å². The SMILES string of the molecule is CCc1nn2c(c1-c1ccc(OC)c(S(=O)(=O)Nc3ccc(C(C)=O)cc3)c1)NC(=O)CCC2=O. The number of aryl methyl sites for hydroxylation is 1. The van der Waals surface area contributed by atoms with Gasteiger partial charge in [-0.15, -0.1) is 0 Å². The zero-order chi connectivity index (χ0) is 25.3. The molecule has 1 aliphatic heterocycles. The van der Waals surface area contributed by atoms with Gasteiger partial charge in [0.1, 0.15) is 16.5 Å². The average Bonchev–Trinajstić information content (AvgIpc) is 3.13. The maximum Gasteiger partial charge on any atom is 0.265 e. The number of ether oxygens (including phenoxy) is 1. The van der Waals surface area contributed by atoms with Crippen LogP contribution in [0.5, 0.6) is 5.75 Å². The Morgan fingerprint density at radius 1 is 1.14 bits per heavy atom. The van der Waals surface area contributed by atoms with Crippen LogP contribution in [0.1, 0.15) is 47.5 Å². The minimum atomic E-state index is -4.11. The lowest BCUT2D eigenvalue weighted by atomic mass is 10.0. The number of sulfonamides is 1. The topological polar surface area (TPSA) is 136 Å². The second-order valence-corrected chi connectivity index (χ2v) is 9.63. The number of amides is 1. The van der Waals surface area contributed by atoms with Gasteiger partial charge < -0.3 is 10.1 Å². The number of ketones is 1. The third-order valence-electron chi connectivity index (χ3n) is 5.64. The zero-order valence-electron chi connectivity index (χ0n) is 19.4. The number of nitrogens with zero attached hydrogens (tertiary/aromatic N) is 2. The molecule has 1 aromatic heterocycles. The van der Waals surface area contributed by atoms with E-state index in [-0.39, 0.29) is 52.6 Å². The highest BCUT2D eigenvalue weighted by molar-refractivity contribution is 7.92. The lowest BCUT2D eigenvalue weighted by Crippen LogP contribution is -2.15. The molecular weight excluding hydrogens is 472 g/mol. The van der Waals surface area contributed by atoms with E-state index in [0.29, 0.717) is 28.8 Å². The van der Waals surface area contributed by atoms with Crippen molar-refractivity contribution in [2.45, 2.75) is 38.0 Å². The number of fused-ring (bicyclic) bond motifs is 1. The number of hydrogen-bond acceptors (Lipinski definition) is 7. The molecule has 4 rings (SSSR count). The fraction of sp³-hybridized carbons (Fsp3) is 0.250. The van der Waals surface area contributed by atoms with Crippen LogP contribution in [0.3, 0.4) is 0 Å². The summed E-state index contributed by atoms with van der Waals surface area (Å²) in [6, 6.07) is 10.6. The number of Topliss-reactive ketones (excluding diaryl/α,β-unsaturated/α-hetero) is 1. The summed E-state index contributed by atoms with van der Waals surface area (Å²) in [6.45, 7) is 3.28. The predicted molar refractivity (Wildman–Crippen MR) is 129 cm³/mol. The fourth-order valence-corrected chi connectivity index (χ4v) is 5.11. The molecule has 0 radical (unpaired) electrons. The highest BCUT2D eigenvalue weighted by atomic mass is 32.2. The molecule has 2 N–H and O–H groups in total. The normalized spacial score (nSPS) is 13.6. The molecular formula is C24H24N4O6S. The van der Waals surface area contributed by atoms with E-state index in [2.05, 4.69) is 15.1 Å². The summed E-state index contributed by atoms with van der Waals surface area (Å²) in [5.41, 5.74) is 2.19. The van der Waals surface area contributed by atoms with Gasteiger partial charge in [0.25, 0.3) is 10.0 Å². The standard InChI is InChI=1S/C24H24N4O6S/c1-4-18-23(24-25-21(30)11-12-22(31)28(24)26-18)16-7-10-19(34-3)20(13-16)35(32,33)27-17-8-5-15(6-9-17)14(2)29/h5-10,13,27H,4,11-12H2,1-3H3,(H,25,30). The van der Waals surface area contributed by atoms with Gasteiger partial charge in [0.05, 0.1) is 12.8 Å². The summed E-state index contributed by atoms with van der Waals surface area (Å²) < 4.78 is 35.6. The van der Waals surface area contributed by atoms with E-state index in [1.54, 1.807) is 6.07 Å². The molecule has 0 atom stereocenters. The van der Waals surface area contributed by atoms with Crippen molar-refractivity contribution >= 4 is 39.1 Å². The predicted octanol–water partition coefficient (Wildman–Crippen LogP) is 3.50. The van der Waals surface area contributed by atoms with E-state index in [0.717, 1.165) is 0 Å². The number of methoxy groups -OCH3 is 1. The molecule has 0 fully saturated rings. The number of hydrogen-bond donors (Lipinski definition) is 2. The molecule has 2 heterocycles. The molecule has 0 bridgehead atoms. The summed E-state index contributed by atoms with van der Waals surface area (Å²) in [6.07, 6.45) is 0.517. The van der Waals surface area contributed by atoms with Crippen LogP contribution >= 0.6 is 0 Å². The number of aromatic nitrogens is 2. The van der Waals surface area contributed by atoms with Crippen LogP contribution in [0.15, 0.2) is 47.4 Å². The van der Waals surface area contributed by atoms with Crippen molar-refractivity contribution in [2.24, 2.45) is 0 Å². The van der Waals surface area contributed by atoms with Gasteiger partial charge in [0, 0.05) is 29.7 Å². The van der Waals surface area contributed by atoms with Crippen molar-refractivity contribution in [1.29, 1.82) is 0 Å². The number of nitrogens with one attached hydrogen (secondary N) is 2. The Hall–Kier alpha value is -3.99. The summed E-state index contributed by atoms with van der Waals surface area (Å²) in [5, 5.41) is 7.11. The van der Waals surface area contributed by atoms with Crippen LogP contribution < -0.4 is 14.8 Å². The number of carbonyl (C=O) groups excluding carboxylic acids is 3. The Bertz CT molecular complexity index is 1440. The minimum Gasteiger partial charge on any atom is -0.495 e. The van der Waals surface area contributed by atoms with Crippen molar-refractivity contribution in [3.8, 4) is 16.9 Å². The molecule has 0 aliphatic carbocycles. The van der Waals surface area contributed by atoms with Gasteiger partial charge in [-0.2, -0.15) is 9.78 Å². The van der Waals surface area contributed by atoms with Gasteiger partial charge in [-0.25, -0.2) is 8.42 Å². The molecule has 1 amide bonds. The van der Waals surface area contributed by atoms with Crippen LogP contribution in [-0.4, -0.2) is 42.9 Å². The third-order valence-corrected chi connectivity index (χ3v) is 7.04. The summed E-state index contributed by atoms with van der Waals surface area (Å²) in [4.78, 5) is 36.1. The summed E-state index contributed by atoms with van der Waals surface area (Å²) >= 11 is 0. The van der Waals surface area contributed by atoms with Crippen molar-refractivity contribution in [1.82, 2.24) is 9.78 Å². The first-order valence-corrected chi connectivity index (χ1v) is 12.4. The molecule has 2 aromatic carbocycles. The Morgan fingerprint density at radius 2 is 1.86 bits per heavy atom. The fourth-order valence-electron chi connectivity index (χ4n) is 3.86. The molecule has 35 heavy (non-hydrogen) atoms. The smallest absolute Gasteiger partial charge is 0.265 e. The lowest BCUT2D eigenvalue weighted by Gasteiger charge is -2.14. The highest BCUT2D eigenvalue weighted by Gasteiger charge is 2.28. The quantitative estimate of drug-likeness (QED) is 0.478. The highest BCUT2D eigenvalue weighted by Crippen LogP contribution is 2.37. The first kappa shape index (κ1) is 24.1. The summed E-state index contributed by atoms with van der Waals surface area (Å²) in [5.74, 6) is -0.450. The second-order valence-electron chi connectivity index (χ2n) is 7.98. The maximum atomic E-state index is 13.3. The van der Waals surface area contributed by atoms with Gasteiger partial charge in [-0.3, -0.25) is 19.1 Å². The molecule has 10 nitrogen and oxygen atoms in total. The Morgan fingerprint density at radius 3 is 2.49 bits per heavy atom. The van der Waals surface area contributed by atoms with Crippen LogP contribution in [-0.2, 0) is 21.2 Å². The van der Waals surface area contributed by atoms with Crippen molar-refractivity contribution in [3.05, 3.63) is 53.7 Å². The van der Waals surface area contributed by atoms with Crippen LogP contribution in [0.4, 0.5) is 11.5 Å². The van der Waals surface area contributed by atoms with E-state index >= 15 is 0 Å². The third kappa shape index (κ3) is 4.67. The molecule has 0 spiro atoms. The van der Waals surface area contributed by atoms with E-state index in [1.807, 2.05) is 6.92 Å². The minimum absolute atomic E-state index is 0.0255. The van der Waals surface area contributed by atoms with Crippen molar-refractivity contribution < 1.29 is 27.5 Å². The summed E-state index contributed by atoms with van der Waals surface area (Å²) in [7, 11) is -2.75. The Labute approximate surface area is 202 Å². The first-order chi connectivity index (χ1) is 16.6. The second kappa shape index (κ2) is 9.34. The van der Waals surface area contributed by atoms with Crippen molar-refractivity contribution in [2.75, 3.05) is 17.1 Å². The number of rotatable bonds is 7. The average molecular weight is 497 g/mol. The number of carbonyl (C=O) groups is 3.